The fourth-order valence-electron chi connectivity index (χ4n) is 1.96. The highest BCUT2D eigenvalue weighted by atomic mass is 79.9. The topological polar surface area (TPSA) is 44.5 Å². The Bertz CT molecular complexity index is 580. The molecule has 0 amide bonds. The Labute approximate surface area is 113 Å². The number of hydrogen-bond donors (Lipinski definition) is 0. The fourth-order valence-corrected chi connectivity index (χ4v) is 2.55. The summed E-state index contributed by atoms with van der Waals surface area (Å²) in [7, 11) is 0. The second kappa shape index (κ2) is 4.65. The summed E-state index contributed by atoms with van der Waals surface area (Å²) in [5.41, 5.74) is 1.97. The quantitative estimate of drug-likeness (QED) is 0.873. The van der Waals surface area contributed by atoms with Gasteiger partial charge in [0.15, 0.2) is 0 Å². The number of rotatable bonds is 3. The van der Waals surface area contributed by atoms with Crippen LogP contribution in [0.3, 0.4) is 0 Å². The number of nitrogens with zero attached hydrogens (tertiary/aromatic N) is 1. The van der Waals surface area contributed by atoms with Gasteiger partial charge in [0.2, 0.25) is 0 Å². The van der Waals surface area contributed by atoms with Crippen LogP contribution in [0.5, 0.6) is 11.5 Å². The summed E-state index contributed by atoms with van der Waals surface area (Å²) < 4.78 is 17.1. The smallest absolute Gasteiger partial charge is 0.137 e. The molecule has 0 spiro atoms. The Balaban J connectivity index is 1.75. The minimum Gasteiger partial charge on any atom is -0.492 e. The molecule has 5 heteroatoms. The number of aryl methyl sites for hydroxylation is 1. The molecule has 3 rings (SSSR count). The maximum absolute atomic E-state index is 5.70. The average molecular weight is 310 g/mol. The van der Waals surface area contributed by atoms with E-state index in [1.165, 1.54) is 5.56 Å². The minimum atomic E-state index is 0.406. The molecule has 2 aromatic rings. The highest BCUT2D eigenvalue weighted by Crippen LogP contribution is 2.37. The maximum atomic E-state index is 5.70. The van der Waals surface area contributed by atoms with Crippen LogP contribution in [0.2, 0.25) is 0 Å². The second-order valence-corrected chi connectivity index (χ2v) is 5.06. The van der Waals surface area contributed by atoms with E-state index in [-0.39, 0.29) is 0 Å². The molecular weight excluding hydrogens is 298 g/mol. The Morgan fingerprint density at radius 1 is 1.39 bits per heavy atom. The molecule has 1 aliphatic rings. The maximum Gasteiger partial charge on any atom is 0.137 e. The number of hydrogen-bond acceptors (Lipinski definition) is 4. The van der Waals surface area contributed by atoms with Gasteiger partial charge in [0.25, 0.3) is 0 Å². The normalized spacial score (nSPS) is 13.2. The van der Waals surface area contributed by atoms with Gasteiger partial charge < -0.3 is 14.0 Å². The zero-order valence-electron chi connectivity index (χ0n) is 9.90. The standard InChI is InChI=1S/C13H12BrNO3/c1-8-4-10(15-18-8)7-17-11-5-9-2-3-16-13(9)12(14)6-11/h4-6H,2-3,7H2,1H3. The Hall–Kier alpha value is -1.49. The molecule has 94 valence electrons. The lowest BCUT2D eigenvalue weighted by Crippen LogP contribution is -1.96. The molecule has 18 heavy (non-hydrogen) atoms. The predicted octanol–water partition coefficient (Wildman–Crippen LogP) is 3.26. The lowest BCUT2D eigenvalue weighted by atomic mass is 10.1. The number of ether oxygens (including phenoxy) is 2. The Morgan fingerprint density at radius 3 is 3.06 bits per heavy atom. The van der Waals surface area contributed by atoms with Gasteiger partial charge in [0, 0.05) is 18.1 Å². The number of halogens is 1. The van der Waals surface area contributed by atoms with Crippen molar-refractivity contribution in [1.29, 1.82) is 0 Å². The third-order valence-electron chi connectivity index (χ3n) is 2.78. The van der Waals surface area contributed by atoms with Crippen molar-refractivity contribution < 1.29 is 14.0 Å². The summed E-state index contributed by atoms with van der Waals surface area (Å²) in [5.74, 6) is 2.53. The molecular formula is C13H12BrNO3. The van der Waals surface area contributed by atoms with Crippen LogP contribution in [0.4, 0.5) is 0 Å². The molecule has 0 fully saturated rings. The van der Waals surface area contributed by atoms with Gasteiger partial charge in [-0.15, -0.1) is 0 Å². The van der Waals surface area contributed by atoms with Gasteiger partial charge in [-0.2, -0.15) is 0 Å². The molecule has 1 aromatic carbocycles. The van der Waals surface area contributed by atoms with Crippen LogP contribution in [0.15, 0.2) is 27.2 Å². The number of aromatic nitrogens is 1. The summed E-state index contributed by atoms with van der Waals surface area (Å²) >= 11 is 3.49. The van der Waals surface area contributed by atoms with Crippen LogP contribution >= 0.6 is 15.9 Å². The zero-order chi connectivity index (χ0) is 12.5. The van der Waals surface area contributed by atoms with Crippen molar-refractivity contribution in [3.63, 3.8) is 0 Å². The van der Waals surface area contributed by atoms with Crippen molar-refractivity contribution in [3.05, 3.63) is 39.7 Å². The van der Waals surface area contributed by atoms with Gasteiger partial charge in [0.1, 0.15) is 29.6 Å². The number of fused-ring (bicyclic) bond motifs is 1. The lowest BCUT2D eigenvalue weighted by molar-refractivity contribution is 0.287. The van der Waals surface area contributed by atoms with Crippen LogP contribution in [0.25, 0.3) is 0 Å². The van der Waals surface area contributed by atoms with E-state index in [0.717, 1.165) is 40.5 Å². The molecule has 0 bridgehead atoms. The monoisotopic (exact) mass is 309 g/mol. The van der Waals surface area contributed by atoms with Crippen molar-refractivity contribution in [2.75, 3.05) is 6.61 Å². The van der Waals surface area contributed by atoms with E-state index in [1.807, 2.05) is 25.1 Å². The predicted molar refractivity (Wildman–Crippen MR) is 68.9 cm³/mol. The van der Waals surface area contributed by atoms with Gasteiger partial charge in [-0.05, 0) is 35.0 Å². The summed E-state index contributed by atoms with van der Waals surface area (Å²) in [6.45, 7) is 3.00. The number of benzene rings is 1. The van der Waals surface area contributed by atoms with Crippen LogP contribution in [-0.4, -0.2) is 11.8 Å². The first kappa shape index (κ1) is 11.6. The van der Waals surface area contributed by atoms with E-state index < -0.39 is 0 Å². The van der Waals surface area contributed by atoms with Crippen LogP contribution in [0.1, 0.15) is 17.0 Å². The van der Waals surface area contributed by atoms with Crippen molar-refractivity contribution in [1.82, 2.24) is 5.16 Å². The van der Waals surface area contributed by atoms with Crippen molar-refractivity contribution in [3.8, 4) is 11.5 Å². The van der Waals surface area contributed by atoms with Gasteiger partial charge in [-0.25, -0.2) is 0 Å². The summed E-state index contributed by atoms with van der Waals surface area (Å²) in [4.78, 5) is 0. The highest BCUT2D eigenvalue weighted by molar-refractivity contribution is 9.10. The first-order valence-electron chi connectivity index (χ1n) is 5.72. The van der Waals surface area contributed by atoms with E-state index in [1.54, 1.807) is 0 Å². The van der Waals surface area contributed by atoms with E-state index >= 15 is 0 Å². The minimum absolute atomic E-state index is 0.406. The Kier molecular flexibility index (Phi) is 2.99. The van der Waals surface area contributed by atoms with Crippen molar-refractivity contribution in [2.24, 2.45) is 0 Å². The molecule has 0 radical (unpaired) electrons. The van der Waals surface area contributed by atoms with Gasteiger partial charge >= 0.3 is 0 Å². The Morgan fingerprint density at radius 2 is 2.28 bits per heavy atom. The molecule has 0 saturated heterocycles. The average Bonchev–Trinajstić information content (AvgIpc) is 2.95. The van der Waals surface area contributed by atoms with Gasteiger partial charge in [-0.3, -0.25) is 0 Å². The molecule has 2 heterocycles. The second-order valence-electron chi connectivity index (χ2n) is 4.21. The summed E-state index contributed by atoms with van der Waals surface area (Å²) in [6, 6.07) is 5.79. The van der Waals surface area contributed by atoms with Crippen LogP contribution in [0, 0.1) is 6.92 Å². The van der Waals surface area contributed by atoms with Crippen LogP contribution < -0.4 is 9.47 Å². The molecule has 4 nitrogen and oxygen atoms in total. The van der Waals surface area contributed by atoms with Gasteiger partial charge in [-0.1, -0.05) is 5.16 Å². The fraction of sp³-hybridized carbons (Fsp3) is 0.308. The van der Waals surface area contributed by atoms with Crippen molar-refractivity contribution in [2.45, 2.75) is 20.0 Å². The third-order valence-corrected chi connectivity index (χ3v) is 3.36. The molecule has 0 atom stereocenters. The van der Waals surface area contributed by atoms with Crippen molar-refractivity contribution >= 4 is 15.9 Å². The van der Waals surface area contributed by atoms with E-state index in [2.05, 4.69) is 21.1 Å². The molecule has 1 aliphatic heterocycles. The first-order valence-corrected chi connectivity index (χ1v) is 6.52. The van der Waals surface area contributed by atoms with Gasteiger partial charge in [0.05, 0.1) is 11.1 Å². The molecule has 0 aliphatic carbocycles. The van der Waals surface area contributed by atoms with E-state index in [0.29, 0.717) is 6.61 Å². The third kappa shape index (κ3) is 2.22. The largest absolute Gasteiger partial charge is 0.492 e. The van der Waals surface area contributed by atoms with Crippen LogP contribution in [-0.2, 0) is 13.0 Å². The zero-order valence-corrected chi connectivity index (χ0v) is 11.5. The molecule has 0 saturated carbocycles. The summed E-state index contributed by atoms with van der Waals surface area (Å²) in [5, 5.41) is 3.89. The van der Waals surface area contributed by atoms with E-state index in [4.69, 9.17) is 14.0 Å². The SMILES string of the molecule is Cc1cc(COc2cc(Br)c3c(c2)CCO3)no1. The van der Waals surface area contributed by atoms with E-state index in [9.17, 15) is 0 Å². The first-order chi connectivity index (χ1) is 8.72. The molecule has 0 N–H and O–H groups in total. The molecule has 1 aromatic heterocycles. The lowest BCUT2D eigenvalue weighted by Gasteiger charge is -2.07. The highest BCUT2D eigenvalue weighted by Gasteiger charge is 2.17. The molecule has 0 unspecified atom stereocenters. The summed E-state index contributed by atoms with van der Waals surface area (Å²) in [6.07, 6.45) is 0.925.